The first-order chi connectivity index (χ1) is 7.14. The summed E-state index contributed by atoms with van der Waals surface area (Å²) >= 11 is 0. The lowest BCUT2D eigenvalue weighted by atomic mass is 10.3. The van der Waals surface area contributed by atoms with Gasteiger partial charge >= 0.3 is 0 Å². The molecule has 0 spiro atoms. The molecule has 5 heteroatoms. The van der Waals surface area contributed by atoms with Crippen molar-refractivity contribution in [1.29, 1.82) is 0 Å². The molecule has 0 saturated heterocycles. The number of hydrogen-bond donors (Lipinski definition) is 1. The Balaban J connectivity index is 2.50. The highest BCUT2D eigenvalue weighted by Crippen LogP contribution is 2.07. The van der Waals surface area contributed by atoms with Crippen molar-refractivity contribution in [3.63, 3.8) is 0 Å². The van der Waals surface area contributed by atoms with Gasteiger partial charge in [-0.25, -0.2) is 8.42 Å². The highest BCUT2D eigenvalue weighted by atomic mass is 32.2. The van der Waals surface area contributed by atoms with Gasteiger partial charge in [-0.3, -0.25) is 4.72 Å². The number of para-hydroxylation sites is 1. The number of sulfonamides is 1. The van der Waals surface area contributed by atoms with Crippen LogP contribution in [0.5, 0.6) is 0 Å². The lowest BCUT2D eigenvalue weighted by Crippen LogP contribution is -2.20. The van der Waals surface area contributed by atoms with E-state index < -0.39 is 10.0 Å². The zero-order valence-electron chi connectivity index (χ0n) is 8.64. The molecule has 1 N–H and O–H groups in total. The molecule has 0 aliphatic rings. The second-order valence-corrected chi connectivity index (χ2v) is 4.83. The molecule has 0 bridgehead atoms. The summed E-state index contributed by atoms with van der Waals surface area (Å²) in [5.41, 5.74) is 0.578. The summed E-state index contributed by atoms with van der Waals surface area (Å²) in [6.45, 7) is 2.58. The normalized spacial score (nSPS) is 11.3. The summed E-state index contributed by atoms with van der Waals surface area (Å²) in [5, 5.41) is 0. The first-order valence-corrected chi connectivity index (χ1v) is 6.42. The summed E-state index contributed by atoms with van der Waals surface area (Å²) in [4.78, 5) is 0. The molecule has 0 radical (unpaired) electrons. The molecule has 0 fully saturated rings. The molecule has 0 atom stereocenters. The zero-order chi connectivity index (χ0) is 11.1. The van der Waals surface area contributed by atoms with Crippen LogP contribution in [-0.2, 0) is 14.8 Å². The minimum Gasteiger partial charge on any atom is -0.381 e. The Kier molecular flexibility index (Phi) is 4.58. The minimum atomic E-state index is -3.28. The van der Waals surface area contributed by atoms with Gasteiger partial charge in [0.25, 0.3) is 0 Å². The lowest BCUT2D eigenvalue weighted by molar-refractivity contribution is 0.163. The van der Waals surface area contributed by atoms with E-state index in [1.165, 1.54) is 0 Å². The highest BCUT2D eigenvalue weighted by Gasteiger charge is 2.09. The van der Waals surface area contributed by atoms with Gasteiger partial charge in [0.15, 0.2) is 0 Å². The molecule has 0 heterocycles. The van der Waals surface area contributed by atoms with Crippen molar-refractivity contribution in [2.24, 2.45) is 0 Å². The monoisotopic (exact) mass is 229 g/mol. The molecule has 4 nitrogen and oxygen atoms in total. The van der Waals surface area contributed by atoms with E-state index in [1.807, 2.05) is 13.0 Å². The quantitative estimate of drug-likeness (QED) is 0.751. The molecule has 15 heavy (non-hydrogen) atoms. The largest absolute Gasteiger partial charge is 0.381 e. The fourth-order valence-corrected chi connectivity index (χ4v) is 1.98. The van der Waals surface area contributed by atoms with Crippen LogP contribution in [0.15, 0.2) is 30.3 Å². The minimum absolute atomic E-state index is 0.0181. The van der Waals surface area contributed by atoms with E-state index in [4.69, 9.17) is 4.74 Å². The Hall–Kier alpha value is -1.07. The summed E-state index contributed by atoms with van der Waals surface area (Å²) in [6.07, 6.45) is 0. The van der Waals surface area contributed by atoms with E-state index in [0.717, 1.165) is 0 Å². The van der Waals surface area contributed by atoms with Crippen LogP contribution in [0.1, 0.15) is 6.92 Å². The molecule has 1 rings (SSSR count). The van der Waals surface area contributed by atoms with Gasteiger partial charge in [0.05, 0.1) is 12.4 Å². The maximum Gasteiger partial charge on any atom is 0.234 e. The molecule has 0 aromatic heterocycles. The molecule has 1 aromatic carbocycles. The van der Waals surface area contributed by atoms with Gasteiger partial charge in [0.2, 0.25) is 10.0 Å². The third kappa shape index (κ3) is 4.80. The second kappa shape index (κ2) is 5.72. The standard InChI is InChI=1S/C10H15NO3S/c1-2-14-8-9-15(12,13)11-10-6-4-3-5-7-10/h3-7,11H,2,8-9H2,1H3. The Morgan fingerprint density at radius 1 is 1.27 bits per heavy atom. The Bertz CT molecular complexity index is 375. The van der Waals surface area contributed by atoms with Crippen LogP contribution < -0.4 is 4.72 Å². The average molecular weight is 229 g/mol. The van der Waals surface area contributed by atoms with Crippen LogP contribution in [-0.4, -0.2) is 27.4 Å². The van der Waals surface area contributed by atoms with Gasteiger partial charge in [-0.05, 0) is 19.1 Å². The number of benzene rings is 1. The van der Waals surface area contributed by atoms with Crippen molar-refractivity contribution in [1.82, 2.24) is 0 Å². The topological polar surface area (TPSA) is 55.4 Å². The van der Waals surface area contributed by atoms with E-state index in [0.29, 0.717) is 12.3 Å². The van der Waals surface area contributed by atoms with Gasteiger partial charge in [-0.1, -0.05) is 18.2 Å². The number of anilines is 1. The third-order valence-corrected chi connectivity index (χ3v) is 3.00. The van der Waals surface area contributed by atoms with E-state index in [9.17, 15) is 8.42 Å². The van der Waals surface area contributed by atoms with E-state index in [-0.39, 0.29) is 12.4 Å². The highest BCUT2D eigenvalue weighted by molar-refractivity contribution is 7.92. The van der Waals surface area contributed by atoms with Crippen LogP contribution in [0.2, 0.25) is 0 Å². The average Bonchev–Trinajstić information content (AvgIpc) is 2.18. The molecule has 0 unspecified atom stereocenters. The van der Waals surface area contributed by atoms with Crippen LogP contribution in [0.3, 0.4) is 0 Å². The van der Waals surface area contributed by atoms with Crippen molar-refractivity contribution in [2.45, 2.75) is 6.92 Å². The zero-order valence-corrected chi connectivity index (χ0v) is 9.46. The molecule has 84 valence electrons. The van der Waals surface area contributed by atoms with Crippen molar-refractivity contribution < 1.29 is 13.2 Å². The number of nitrogens with one attached hydrogen (secondary N) is 1. The maximum absolute atomic E-state index is 11.5. The summed E-state index contributed by atoms with van der Waals surface area (Å²) < 4.78 is 30.4. The van der Waals surface area contributed by atoms with Crippen LogP contribution in [0.25, 0.3) is 0 Å². The molecule has 0 saturated carbocycles. The predicted octanol–water partition coefficient (Wildman–Crippen LogP) is 1.46. The second-order valence-electron chi connectivity index (χ2n) is 2.98. The van der Waals surface area contributed by atoms with Gasteiger partial charge in [-0.15, -0.1) is 0 Å². The van der Waals surface area contributed by atoms with Gasteiger partial charge < -0.3 is 4.74 Å². The van der Waals surface area contributed by atoms with Crippen molar-refractivity contribution in [2.75, 3.05) is 23.7 Å². The van der Waals surface area contributed by atoms with Crippen LogP contribution >= 0.6 is 0 Å². The number of rotatable bonds is 6. The van der Waals surface area contributed by atoms with Gasteiger partial charge in [0.1, 0.15) is 0 Å². The number of hydrogen-bond acceptors (Lipinski definition) is 3. The first kappa shape index (κ1) is 12.0. The van der Waals surface area contributed by atoms with Crippen LogP contribution in [0.4, 0.5) is 5.69 Å². The lowest BCUT2D eigenvalue weighted by Gasteiger charge is -2.07. The van der Waals surface area contributed by atoms with E-state index >= 15 is 0 Å². The Labute approximate surface area is 90.3 Å². The Morgan fingerprint density at radius 2 is 1.93 bits per heavy atom. The van der Waals surface area contributed by atoms with Crippen molar-refractivity contribution >= 4 is 15.7 Å². The van der Waals surface area contributed by atoms with Gasteiger partial charge in [0, 0.05) is 12.3 Å². The van der Waals surface area contributed by atoms with E-state index in [1.54, 1.807) is 24.3 Å². The molecular weight excluding hydrogens is 214 g/mol. The molecule has 0 aliphatic heterocycles. The van der Waals surface area contributed by atoms with Crippen LogP contribution in [0, 0.1) is 0 Å². The van der Waals surface area contributed by atoms with Crippen molar-refractivity contribution in [3.8, 4) is 0 Å². The third-order valence-electron chi connectivity index (χ3n) is 1.75. The maximum atomic E-state index is 11.5. The molecule has 1 aromatic rings. The predicted molar refractivity (Wildman–Crippen MR) is 60.3 cm³/mol. The van der Waals surface area contributed by atoms with Crippen molar-refractivity contribution in [3.05, 3.63) is 30.3 Å². The molecule has 0 amide bonds. The SMILES string of the molecule is CCOCCS(=O)(=O)Nc1ccccc1. The molecular formula is C10H15NO3S. The summed E-state index contributed by atoms with van der Waals surface area (Å²) in [5.74, 6) is -0.0181. The van der Waals surface area contributed by atoms with Gasteiger partial charge in [-0.2, -0.15) is 0 Å². The number of ether oxygens (including phenoxy) is 1. The van der Waals surface area contributed by atoms with E-state index in [2.05, 4.69) is 4.72 Å². The summed E-state index contributed by atoms with van der Waals surface area (Å²) in [6, 6.07) is 8.80. The smallest absolute Gasteiger partial charge is 0.234 e. The fourth-order valence-electron chi connectivity index (χ4n) is 1.05. The summed E-state index contributed by atoms with van der Waals surface area (Å²) in [7, 11) is -3.28. The Morgan fingerprint density at radius 3 is 2.53 bits per heavy atom. The molecule has 0 aliphatic carbocycles. The first-order valence-electron chi connectivity index (χ1n) is 4.77. The fraction of sp³-hybridized carbons (Fsp3) is 0.400.